The molecule has 2 amide bonds. The van der Waals surface area contributed by atoms with Crippen LogP contribution in [0, 0.1) is 17.8 Å². The average Bonchev–Trinajstić information content (AvgIpc) is 2.53. The summed E-state index contributed by atoms with van der Waals surface area (Å²) in [4.78, 5) is 24.1. The molecule has 1 heterocycles. The molecule has 0 spiro atoms. The molecule has 0 saturated heterocycles. The van der Waals surface area contributed by atoms with Gasteiger partial charge in [0, 0.05) is 18.2 Å². The first-order valence-electron chi connectivity index (χ1n) is 8.71. The van der Waals surface area contributed by atoms with E-state index in [0.717, 1.165) is 23.4 Å². The summed E-state index contributed by atoms with van der Waals surface area (Å²) in [6.07, 6.45) is 1.61. The fourth-order valence-electron chi connectivity index (χ4n) is 2.56. The van der Waals surface area contributed by atoms with Crippen LogP contribution in [0.1, 0.15) is 39.7 Å². The topological polar surface area (TPSA) is 67.4 Å². The number of hydrogen-bond acceptors (Lipinski definition) is 3. The molecular weight excluding hydrogens is 304 g/mol. The molecule has 1 aliphatic heterocycles. The van der Waals surface area contributed by atoms with Crippen LogP contribution in [0.3, 0.4) is 0 Å². The molecule has 24 heavy (non-hydrogen) atoms. The summed E-state index contributed by atoms with van der Waals surface area (Å²) in [5.41, 5.74) is 1.71. The number of hydrogen-bond donors (Lipinski definition) is 2. The predicted octanol–water partition coefficient (Wildman–Crippen LogP) is 2.99. The van der Waals surface area contributed by atoms with Crippen LogP contribution in [0.2, 0.25) is 0 Å². The smallest absolute Gasteiger partial charge is 0.226 e. The molecule has 0 radical (unpaired) electrons. The van der Waals surface area contributed by atoms with E-state index in [0.29, 0.717) is 25.5 Å². The molecule has 2 rings (SSSR count). The van der Waals surface area contributed by atoms with Gasteiger partial charge in [-0.1, -0.05) is 27.7 Å². The Kier molecular flexibility index (Phi) is 6.23. The molecule has 0 unspecified atom stereocenters. The molecule has 0 aromatic heterocycles. The highest BCUT2D eigenvalue weighted by Crippen LogP contribution is 2.30. The van der Waals surface area contributed by atoms with Crippen molar-refractivity contribution in [2.45, 2.75) is 40.5 Å². The Morgan fingerprint density at radius 2 is 2.00 bits per heavy atom. The monoisotopic (exact) mass is 332 g/mol. The molecule has 1 aliphatic rings. The Morgan fingerprint density at radius 3 is 2.67 bits per heavy atom. The van der Waals surface area contributed by atoms with Crippen molar-refractivity contribution in [2.75, 3.05) is 18.5 Å². The van der Waals surface area contributed by atoms with E-state index < -0.39 is 0 Å². The van der Waals surface area contributed by atoms with Crippen LogP contribution in [0.4, 0.5) is 5.69 Å². The minimum atomic E-state index is -0.180. The van der Waals surface area contributed by atoms with Gasteiger partial charge in [0.05, 0.1) is 5.92 Å². The molecule has 0 saturated carbocycles. The van der Waals surface area contributed by atoms with E-state index in [2.05, 4.69) is 24.5 Å². The lowest BCUT2D eigenvalue weighted by molar-refractivity contribution is -0.126. The molecule has 2 N–H and O–H groups in total. The summed E-state index contributed by atoms with van der Waals surface area (Å²) in [6.45, 7) is 9.09. The molecule has 0 bridgehead atoms. The van der Waals surface area contributed by atoms with E-state index in [1.807, 2.05) is 32.0 Å². The van der Waals surface area contributed by atoms with E-state index >= 15 is 0 Å². The maximum absolute atomic E-state index is 12.3. The van der Waals surface area contributed by atoms with Gasteiger partial charge in [0.1, 0.15) is 12.4 Å². The number of rotatable bonds is 6. The van der Waals surface area contributed by atoms with Crippen molar-refractivity contribution in [2.24, 2.45) is 17.8 Å². The van der Waals surface area contributed by atoms with Crippen molar-refractivity contribution in [1.29, 1.82) is 0 Å². The second-order valence-electron chi connectivity index (χ2n) is 7.15. The van der Waals surface area contributed by atoms with Gasteiger partial charge in [-0.25, -0.2) is 0 Å². The summed E-state index contributed by atoms with van der Waals surface area (Å²) in [5.74, 6) is 1.13. The van der Waals surface area contributed by atoms with Gasteiger partial charge in [0.15, 0.2) is 0 Å². The van der Waals surface area contributed by atoms with Crippen LogP contribution >= 0.6 is 0 Å². The van der Waals surface area contributed by atoms with Crippen molar-refractivity contribution < 1.29 is 14.3 Å². The highest BCUT2D eigenvalue weighted by atomic mass is 16.5. The van der Waals surface area contributed by atoms with Crippen LogP contribution in [0.15, 0.2) is 18.2 Å². The third-order valence-electron chi connectivity index (χ3n) is 4.15. The number of amides is 2. The summed E-state index contributed by atoms with van der Waals surface area (Å²) in [7, 11) is 0. The van der Waals surface area contributed by atoms with Crippen LogP contribution in [0.25, 0.3) is 0 Å². The van der Waals surface area contributed by atoms with Gasteiger partial charge < -0.3 is 15.4 Å². The first-order chi connectivity index (χ1) is 11.4. The van der Waals surface area contributed by atoms with E-state index in [-0.39, 0.29) is 23.7 Å². The molecule has 1 atom stereocenters. The quantitative estimate of drug-likeness (QED) is 0.841. The number of benzene rings is 1. The summed E-state index contributed by atoms with van der Waals surface area (Å²) in [6, 6.07) is 5.60. The number of carbonyl (C=O) groups excluding carboxylic acids is 2. The third-order valence-corrected chi connectivity index (χ3v) is 4.15. The largest absolute Gasteiger partial charge is 0.492 e. The summed E-state index contributed by atoms with van der Waals surface area (Å²) in [5, 5.41) is 5.87. The van der Waals surface area contributed by atoms with Crippen LogP contribution in [-0.4, -0.2) is 25.0 Å². The van der Waals surface area contributed by atoms with Crippen molar-refractivity contribution in [3.8, 4) is 5.75 Å². The molecule has 1 aromatic rings. The van der Waals surface area contributed by atoms with E-state index in [1.54, 1.807) is 0 Å². The molecule has 1 aromatic carbocycles. The Morgan fingerprint density at radius 1 is 1.25 bits per heavy atom. The molecule has 0 aliphatic carbocycles. The van der Waals surface area contributed by atoms with Crippen molar-refractivity contribution >= 4 is 17.5 Å². The van der Waals surface area contributed by atoms with Gasteiger partial charge in [-0.15, -0.1) is 0 Å². The Labute approximate surface area is 144 Å². The Bertz CT molecular complexity index is 596. The van der Waals surface area contributed by atoms with Crippen molar-refractivity contribution in [3.05, 3.63) is 23.8 Å². The van der Waals surface area contributed by atoms with Gasteiger partial charge in [-0.2, -0.15) is 0 Å². The fourth-order valence-corrected chi connectivity index (χ4v) is 2.56. The van der Waals surface area contributed by atoms with Gasteiger partial charge in [0.2, 0.25) is 11.8 Å². The predicted molar refractivity (Wildman–Crippen MR) is 95.1 cm³/mol. The standard InChI is InChI=1S/C19H28N2O3/c1-12(2)7-8-20-19(23)15-9-14-10-16(21-18(22)13(3)4)5-6-17(14)24-11-15/h5-6,10,12-13,15H,7-9,11H2,1-4H3,(H,20,23)(H,21,22)/t15-/m1/s1. The van der Waals surface area contributed by atoms with E-state index in [9.17, 15) is 9.59 Å². The highest BCUT2D eigenvalue weighted by Gasteiger charge is 2.26. The second kappa shape index (κ2) is 8.18. The Hall–Kier alpha value is -2.04. The maximum Gasteiger partial charge on any atom is 0.226 e. The molecule has 0 fully saturated rings. The van der Waals surface area contributed by atoms with Crippen LogP contribution < -0.4 is 15.4 Å². The summed E-state index contributed by atoms with van der Waals surface area (Å²) < 4.78 is 5.72. The van der Waals surface area contributed by atoms with E-state index in [4.69, 9.17) is 4.74 Å². The zero-order chi connectivity index (χ0) is 17.7. The fraction of sp³-hybridized carbons (Fsp3) is 0.579. The lowest BCUT2D eigenvalue weighted by atomic mass is 9.95. The molecule has 132 valence electrons. The number of nitrogens with one attached hydrogen (secondary N) is 2. The number of ether oxygens (including phenoxy) is 1. The zero-order valence-corrected chi connectivity index (χ0v) is 15.0. The Balaban J connectivity index is 1.98. The lowest BCUT2D eigenvalue weighted by Crippen LogP contribution is -2.38. The normalized spacial score (nSPS) is 16.5. The number of anilines is 1. The minimum absolute atomic E-state index is 0.0188. The zero-order valence-electron chi connectivity index (χ0n) is 15.0. The van der Waals surface area contributed by atoms with Crippen molar-refractivity contribution in [3.63, 3.8) is 0 Å². The van der Waals surface area contributed by atoms with Gasteiger partial charge in [0.25, 0.3) is 0 Å². The maximum atomic E-state index is 12.3. The van der Waals surface area contributed by atoms with Crippen molar-refractivity contribution in [1.82, 2.24) is 5.32 Å². The first-order valence-corrected chi connectivity index (χ1v) is 8.71. The highest BCUT2D eigenvalue weighted by molar-refractivity contribution is 5.92. The number of carbonyl (C=O) groups is 2. The van der Waals surface area contributed by atoms with Crippen LogP contribution in [0.5, 0.6) is 5.75 Å². The van der Waals surface area contributed by atoms with Gasteiger partial charge >= 0.3 is 0 Å². The molecular formula is C19H28N2O3. The SMILES string of the molecule is CC(C)CCNC(=O)[C@H]1COc2ccc(NC(=O)C(C)C)cc2C1. The van der Waals surface area contributed by atoms with E-state index in [1.165, 1.54) is 0 Å². The third kappa shape index (κ3) is 4.98. The number of fused-ring (bicyclic) bond motifs is 1. The molecule has 5 nitrogen and oxygen atoms in total. The van der Waals surface area contributed by atoms with Gasteiger partial charge in [-0.3, -0.25) is 9.59 Å². The minimum Gasteiger partial charge on any atom is -0.492 e. The summed E-state index contributed by atoms with van der Waals surface area (Å²) >= 11 is 0. The van der Waals surface area contributed by atoms with Gasteiger partial charge in [-0.05, 0) is 42.5 Å². The average molecular weight is 332 g/mol. The second-order valence-corrected chi connectivity index (χ2v) is 7.15. The van der Waals surface area contributed by atoms with Crippen LogP contribution in [-0.2, 0) is 16.0 Å². The molecule has 5 heteroatoms. The lowest BCUT2D eigenvalue weighted by Gasteiger charge is -2.25. The first kappa shape index (κ1) is 18.3.